The molecule has 3 aromatic carbocycles. The number of aliphatic imine (C=N–C) groups is 1. The fraction of sp³-hybridized carbons (Fsp3) is 0.172. The summed E-state index contributed by atoms with van der Waals surface area (Å²) < 4.78 is 5.75. The first-order chi connectivity index (χ1) is 18.2. The monoisotopic (exact) mass is 513 g/mol. The molecule has 4 N–H and O–H groups in total. The lowest BCUT2D eigenvalue weighted by Gasteiger charge is -2.19. The molecule has 9 nitrogen and oxygen atoms in total. The van der Waals surface area contributed by atoms with Crippen molar-refractivity contribution in [3.05, 3.63) is 99.8 Å². The minimum atomic E-state index is -1.26. The van der Waals surface area contributed by atoms with Gasteiger partial charge in [0.2, 0.25) is 5.78 Å². The van der Waals surface area contributed by atoms with Crippen LogP contribution in [0, 0.1) is 13.8 Å². The lowest BCUT2D eigenvalue weighted by molar-refractivity contribution is 0.0696. The number of fused-ring (bicyclic) bond motifs is 1. The van der Waals surface area contributed by atoms with Gasteiger partial charge in [-0.25, -0.2) is 14.6 Å². The Morgan fingerprint density at radius 3 is 2.03 bits per heavy atom. The van der Waals surface area contributed by atoms with Gasteiger partial charge < -0.3 is 25.6 Å². The SMILES string of the molecule is CCNc1cc(C)c(N=C2C=C(OCNc3cc(C(=O)O)cc(C(=O)O)c3)C(=O)c3ccccc32)c(C)c1. The highest BCUT2D eigenvalue weighted by atomic mass is 16.5. The van der Waals surface area contributed by atoms with Gasteiger partial charge in [0, 0.05) is 35.1 Å². The third-order valence-corrected chi connectivity index (χ3v) is 5.97. The molecule has 0 heterocycles. The molecular formula is C29H27N3O6. The van der Waals surface area contributed by atoms with Crippen LogP contribution in [-0.4, -0.2) is 46.9 Å². The molecular weight excluding hydrogens is 486 g/mol. The number of anilines is 2. The number of carboxylic acids is 2. The van der Waals surface area contributed by atoms with Crippen LogP contribution in [0.5, 0.6) is 0 Å². The van der Waals surface area contributed by atoms with Gasteiger partial charge in [-0.15, -0.1) is 0 Å². The lowest BCUT2D eigenvalue weighted by atomic mass is 9.92. The number of nitrogens with zero attached hydrogens (tertiary/aromatic N) is 1. The van der Waals surface area contributed by atoms with Crippen molar-refractivity contribution in [1.82, 2.24) is 0 Å². The molecule has 1 aliphatic rings. The highest BCUT2D eigenvalue weighted by Crippen LogP contribution is 2.31. The third-order valence-electron chi connectivity index (χ3n) is 5.97. The molecule has 3 aromatic rings. The van der Waals surface area contributed by atoms with Gasteiger partial charge in [-0.05, 0) is 62.2 Å². The van der Waals surface area contributed by atoms with Crippen molar-refractivity contribution in [2.75, 3.05) is 23.9 Å². The second-order valence-electron chi connectivity index (χ2n) is 8.74. The maximum Gasteiger partial charge on any atom is 0.335 e. The van der Waals surface area contributed by atoms with Crippen LogP contribution in [0.3, 0.4) is 0 Å². The summed E-state index contributed by atoms with van der Waals surface area (Å²) in [5.74, 6) is -2.78. The number of rotatable bonds is 9. The molecule has 0 saturated heterocycles. The minimum absolute atomic E-state index is 0.0578. The number of allylic oxidation sites excluding steroid dienone is 2. The van der Waals surface area contributed by atoms with E-state index < -0.39 is 11.9 Å². The number of aromatic carboxylic acids is 2. The number of aryl methyl sites for hydroxylation is 2. The molecule has 0 radical (unpaired) electrons. The summed E-state index contributed by atoms with van der Waals surface area (Å²) in [6.45, 7) is 6.59. The van der Waals surface area contributed by atoms with E-state index in [1.165, 1.54) is 12.1 Å². The topological polar surface area (TPSA) is 137 Å². The first-order valence-electron chi connectivity index (χ1n) is 12.0. The van der Waals surface area contributed by atoms with E-state index in [0.29, 0.717) is 16.8 Å². The molecule has 38 heavy (non-hydrogen) atoms. The Morgan fingerprint density at radius 2 is 1.45 bits per heavy atom. The van der Waals surface area contributed by atoms with Crippen LogP contribution in [0.1, 0.15) is 54.7 Å². The molecule has 0 saturated carbocycles. The first kappa shape index (κ1) is 26.2. The van der Waals surface area contributed by atoms with Crippen molar-refractivity contribution in [3.63, 3.8) is 0 Å². The quantitative estimate of drug-likeness (QED) is 0.278. The largest absolute Gasteiger partial charge is 0.478 e. The van der Waals surface area contributed by atoms with Crippen molar-refractivity contribution in [2.24, 2.45) is 4.99 Å². The summed E-state index contributed by atoms with van der Waals surface area (Å²) in [4.78, 5) is 40.8. The Hall–Kier alpha value is -4.92. The summed E-state index contributed by atoms with van der Waals surface area (Å²) in [7, 11) is 0. The third kappa shape index (κ3) is 5.57. The first-order valence-corrected chi connectivity index (χ1v) is 12.0. The van der Waals surface area contributed by atoms with Gasteiger partial charge in [0.15, 0.2) is 12.5 Å². The Labute approximate surface area is 219 Å². The van der Waals surface area contributed by atoms with Crippen molar-refractivity contribution < 1.29 is 29.3 Å². The summed E-state index contributed by atoms with van der Waals surface area (Å²) in [6, 6.07) is 14.8. The number of hydrogen-bond donors (Lipinski definition) is 4. The van der Waals surface area contributed by atoms with Crippen LogP contribution in [0.15, 0.2) is 71.4 Å². The predicted octanol–water partition coefficient (Wildman–Crippen LogP) is 5.42. The molecule has 0 amide bonds. The highest BCUT2D eigenvalue weighted by Gasteiger charge is 2.26. The predicted molar refractivity (Wildman–Crippen MR) is 145 cm³/mol. The molecule has 0 spiro atoms. The molecule has 0 fully saturated rings. The van der Waals surface area contributed by atoms with Crippen LogP contribution >= 0.6 is 0 Å². The van der Waals surface area contributed by atoms with E-state index in [1.54, 1.807) is 18.2 Å². The second kappa shape index (κ2) is 11.0. The molecule has 0 aromatic heterocycles. The number of carboxylic acid groups (broad SMARTS) is 2. The summed E-state index contributed by atoms with van der Waals surface area (Å²) in [5, 5.41) is 24.7. The standard InChI is InChI=1S/C29H27N3O6/c1-4-30-20-9-16(2)26(17(3)10-20)32-24-14-25(27(33)23-8-6-5-7-22(23)24)38-15-31-21-12-18(28(34)35)11-19(13-21)29(36)37/h5-14,30-31H,4,15H2,1-3H3,(H,34,35)(H,36,37). The Kier molecular flexibility index (Phi) is 7.57. The Bertz CT molecular complexity index is 1450. The van der Waals surface area contributed by atoms with Gasteiger partial charge in [-0.1, -0.05) is 24.3 Å². The summed E-state index contributed by atoms with van der Waals surface area (Å²) in [5.41, 5.74) is 5.33. The molecule has 0 atom stereocenters. The Morgan fingerprint density at radius 1 is 0.868 bits per heavy atom. The van der Waals surface area contributed by atoms with E-state index in [2.05, 4.69) is 10.6 Å². The van der Waals surface area contributed by atoms with Crippen molar-refractivity contribution in [3.8, 4) is 0 Å². The van der Waals surface area contributed by atoms with Crippen LogP contribution in [-0.2, 0) is 4.74 Å². The molecule has 0 aliphatic heterocycles. The normalized spacial score (nSPS) is 13.5. The van der Waals surface area contributed by atoms with Crippen LogP contribution in [0.25, 0.3) is 0 Å². The van der Waals surface area contributed by atoms with Crippen molar-refractivity contribution in [1.29, 1.82) is 0 Å². The fourth-order valence-electron chi connectivity index (χ4n) is 4.24. The molecule has 194 valence electrons. The average molecular weight is 514 g/mol. The second-order valence-corrected chi connectivity index (χ2v) is 8.74. The molecule has 9 heteroatoms. The zero-order valence-corrected chi connectivity index (χ0v) is 21.2. The van der Waals surface area contributed by atoms with Gasteiger partial charge in [0.1, 0.15) is 0 Å². The van der Waals surface area contributed by atoms with Gasteiger partial charge in [-0.3, -0.25) is 4.79 Å². The number of nitrogens with one attached hydrogen (secondary N) is 2. The van der Waals surface area contributed by atoms with E-state index in [9.17, 15) is 24.6 Å². The highest BCUT2D eigenvalue weighted by molar-refractivity contribution is 6.26. The molecule has 4 rings (SSSR count). The number of ketones is 1. The molecule has 1 aliphatic carbocycles. The number of benzene rings is 3. The van der Waals surface area contributed by atoms with Gasteiger partial charge in [-0.2, -0.15) is 0 Å². The maximum atomic E-state index is 13.2. The number of hydrogen-bond acceptors (Lipinski definition) is 7. The van der Waals surface area contributed by atoms with E-state index in [-0.39, 0.29) is 35.1 Å². The zero-order chi connectivity index (χ0) is 27.4. The summed E-state index contributed by atoms with van der Waals surface area (Å²) in [6.07, 6.45) is 1.58. The van der Waals surface area contributed by atoms with Crippen LogP contribution < -0.4 is 10.6 Å². The van der Waals surface area contributed by atoms with Gasteiger partial charge >= 0.3 is 11.9 Å². The van der Waals surface area contributed by atoms with Gasteiger partial charge in [0.05, 0.1) is 22.5 Å². The average Bonchev–Trinajstić information content (AvgIpc) is 2.88. The number of ether oxygens (including phenoxy) is 1. The maximum absolute atomic E-state index is 13.2. The lowest BCUT2D eigenvalue weighted by Crippen LogP contribution is -2.21. The van der Waals surface area contributed by atoms with E-state index in [1.807, 2.05) is 45.0 Å². The molecule has 0 unspecified atom stereocenters. The number of carbonyl (C=O) groups excluding carboxylic acids is 1. The number of carbonyl (C=O) groups is 3. The van der Waals surface area contributed by atoms with Gasteiger partial charge in [0.25, 0.3) is 0 Å². The van der Waals surface area contributed by atoms with E-state index >= 15 is 0 Å². The van der Waals surface area contributed by atoms with Crippen LogP contribution in [0.2, 0.25) is 0 Å². The molecule has 0 bridgehead atoms. The fourth-order valence-corrected chi connectivity index (χ4v) is 4.24. The van der Waals surface area contributed by atoms with Crippen LogP contribution in [0.4, 0.5) is 17.1 Å². The smallest absolute Gasteiger partial charge is 0.335 e. The van der Waals surface area contributed by atoms with Crippen molar-refractivity contribution >= 4 is 40.5 Å². The zero-order valence-electron chi connectivity index (χ0n) is 21.2. The number of Topliss-reactive ketones (excluding diaryl/α,β-unsaturated/α-hetero) is 1. The summed E-state index contributed by atoms with van der Waals surface area (Å²) >= 11 is 0. The Balaban J connectivity index is 1.64. The van der Waals surface area contributed by atoms with E-state index in [0.717, 1.165) is 35.1 Å². The minimum Gasteiger partial charge on any atom is -0.478 e. The van der Waals surface area contributed by atoms with E-state index in [4.69, 9.17) is 9.73 Å². The van der Waals surface area contributed by atoms with Crippen molar-refractivity contribution in [2.45, 2.75) is 20.8 Å².